The molecule has 0 bridgehead atoms. The summed E-state index contributed by atoms with van der Waals surface area (Å²) >= 11 is 6.01. The monoisotopic (exact) mass is 419 g/mol. The third-order valence-electron chi connectivity index (χ3n) is 4.65. The number of aromatic nitrogens is 4. The predicted octanol–water partition coefficient (Wildman–Crippen LogP) is 5.34. The molecule has 0 saturated heterocycles. The summed E-state index contributed by atoms with van der Waals surface area (Å²) in [5, 5.41) is 11.2. The quantitative estimate of drug-likeness (QED) is 0.291. The molecular weight excluding hydrogens is 409 g/mol. The van der Waals surface area contributed by atoms with Crippen LogP contribution in [0.1, 0.15) is 0 Å². The van der Waals surface area contributed by atoms with E-state index in [1.54, 1.807) is 22.8 Å². The van der Waals surface area contributed by atoms with Crippen molar-refractivity contribution in [2.45, 2.75) is 0 Å². The second-order valence-electron chi connectivity index (χ2n) is 6.54. The van der Waals surface area contributed by atoms with Crippen LogP contribution in [0.25, 0.3) is 39.4 Å². The second kappa shape index (κ2) is 6.85. The molecule has 5 rings (SSSR count). The number of imidazole rings is 1. The minimum atomic E-state index is -0.557. The van der Waals surface area contributed by atoms with E-state index in [9.17, 15) is 14.5 Å². The minimum absolute atomic E-state index is 0.0620. The van der Waals surface area contributed by atoms with Crippen LogP contribution >= 0.6 is 11.6 Å². The van der Waals surface area contributed by atoms with E-state index in [-0.39, 0.29) is 10.7 Å². The average Bonchev–Trinajstić information content (AvgIpc) is 3.12. The number of non-ortho nitro benzene ring substituents is 1. The largest absolute Gasteiger partial charge is 0.275 e. The molecular formula is C21H11ClFN5O2. The van der Waals surface area contributed by atoms with Crippen LogP contribution in [0.4, 0.5) is 10.1 Å². The van der Waals surface area contributed by atoms with Crippen LogP contribution in [0.5, 0.6) is 0 Å². The van der Waals surface area contributed by atoms with E-state index in [1.165, 1.54) is 24.3 Å². The highest BCUT2D eigenvalue weighted by Crippen LogP contribution is 2.31. The first kappa shape index (κ1) is 18.1. The van der Waals surface area contributed by atoms with Crippen LogP contribution in [-0.4, -0.2) is 24.4 Å². The molecule has 30 heavy (non-hydrogen) atoms. The highest BCUT2D eigenvalue weighted by Gasteiger charge is 2.20. The maximum absolute atomic E-state index is 13.8. The van der Waals surface area contributed by atoms with E-state index in [1.807, 2.05) is 24.3 Å². The first-order chi connectivity index (χ1) is 14.5. The predicted molar refractivity (Wildman–Crippen MR) is 111 cm³/mol. The molecule has 5 aromatic rings. The lowest BCUT2D eigenvalue weighted by Gasteiger charge is -2.10. The number of hydrogen-bond donors (Lipinski definition) is 0. The van der Waals surface area contributed by atoms with Crippen molar-refractivity contribution < 1.29 is 9.31 Å². The van der Waals surface area contributed by atoms with Gasteiger partial charge in [0.1, 0.15) is 11.6 Å². The number of hydrogen-bond acceptors (Lipinski definition) is 5. The summed E-state index contributed by atoms with van der Waals surface area (Å²) in [5.41, 5.74) is 3.04. The molecule has 0 radical (unpaired) electrons. The van der Waals surface area contributed by atoms with Gasteiger partial charge >= 0.3 is 0 Å². The molecule has 0 aliphatic rings. The number of nitrogens with zero attached hydrogens (tertiary/aromatic N) is 5. The van der Waals surface area contributed by atoms with Crippen LogP contribution < -0.4 is 0 Å². The van der Waals surface area contributed by atoms with Crippen LogP contribution in [-0.2, 0) is 0 Å². The molecule has 7 nitrogen and oxygen atoms in total. The Labute approximate surface area is 173 Å². The number of nitro groups is 1. The molecule has 0 aliphatic heterocycles. The molecule has 0 spiro atoms. The highest BCUT2D eigenvalue weighted by atomic mass is 35.5. The number of para-hydroxylation sites is 2. The van der Waals surface area contributed by atoms with Gasteiger partial charge in [-0.2, -0.15) is 0 Å². The van der Waals surface area contributed by atoms with Gasteiger partial charge in [0.2, 0.25) is 0 Å². The van der Waals surface area contributed by atoms with Crippen molar-refractivity contribution in [1.82, 2.24) is 19.5 Å². The average molecular weight is 420 g/mol. The molecule has 0 amide bonds. The van der Waals surface area contributed by atoms with Crippen LogP contribution in [0.3, 0.4) is 0 Å². The molecule has 0 atom stereocenters. The number of benzene rings is 3. The molecule has 0 fully saturated rings. The number of fused-ring (bicyclic) bond motifs is 2. The topological polar surface area (TPSA) is 86.7 Å². The fourth-order valence-corrected chi connectivity index (χ4v) is 3.45. The third-order valence-corrected chi connectivity index (χ3v) is 4.94. The smallest absolute Gasteiger partial charge is 0.270 e. The van der Waals surface area contributed by atoms with E-state index in [0.717, 1.165) is 0 Å². The van der Waals surface area contributed by atoms with Crippen molar-refractivity contribution >= 4 is 39.6 Å². The van der Waals surface area contributed by atoms with Gasteiger partial charge in [0.05, 0.1) is 26.7 Å². The molecule has 0 aliphatic carbocycles. The summed E-state index contributed by atoms with van der Waals surface area (Å²) < 4.78 is 15.4. The summed E-state index contributed by atoms with van der Waals surface area (Å²) in [4.78, 5) is 24.6. The standard InChI is InChI=1S/C21H11ClFN5O2/c22-15-11-13(8-9-16(15)23)27-20(12-4-3-5-14(10-12)28(29)30)26-19-21(27)25-18-7-2-1-6-17(18)24-19/h1-11H. The fourth-order valence-electron chi connectivity index (χ4n) is 3.28. The Morgan fingerprint density at radius 1 is 0.933 bits per heavy atom. The normalized spacial score (nSPS) is 11.3. The second-order valence-corrected chi connectivity index (χ2v) is 6.94. The zero-order valence-corrected chi connectivity index (χ0v) is 15.9. The van der Waals surface area contributed by atoms with E-state index >= 15 is 0 Å². The van der Waals surface area contributed by atoms with Gasteiger partial charge in [-0.3, -0.25) is 14.7 Å². The lowest BCUT2D eigenvalue weighted by atomic mass is 10.2. The van der Waals surface area contributed by atoms with Crippen LogP contribution in [0, 0.1) is 15.9 Å². The summed E-state index contributed by atoms with van der Waals surface area (Å²) in [7, 11) is 0. The Bertz CT molecular complexity index is 1470. The summed E-state index contributed by atoms with van der Waals surface area (Å²) in [6.07, 6.45) is 0. The number of rotatable bonds is 3. The third kappa shape index (κ3) is 2.94. The minimum Gasteiger partial charge on any atom is -0.275 e. The highest BCUT2D eigenvalue weighted by molar-refractivity contribution is 6.30. The van der Waals surface area contributed by atoms with Gasteiger partial charge in [-0.25, -0.2) is 19.3 Å². The lowest BCUT2D eigenvalue weighted by molar-refractivity contribution is -0.384. The van der Waals surface area contributed by atoms with Crippen molar-refractivity contribution in [1.29, 1.82) is 0 Å². The summed E-state index contributed by atoms with van der Waals surface area (Å²) in [6, 6.07) is 17.7. The van der Waals surface area contributed by atoms with E-state index < -0.39 is 10.7 Å². The maximum Gasteiger partial charge on any atom is 0.270 e. The summed E-state index contributed by atoms with van der Waals surface area (Å²) in [6.45, 7) is 0. The Kier molecular flexibility index (Phi) is 4.14. The molecule has 0 unspecified atom stereocenters. The molecule has 0 N–H and O–H groups in total. The SMILES string of the molecule is O=[N+]([O-])c1cccc(-c2nc3nc4ccccc4nc3n2-c2ccc(F)c(Cl)c2)c1. The Morgan fingerprint density at radius 3 is 2.43 bits per heavy atom. The van der Waals surface area contributed by atoms with Gasteiger partial charge in [0.15, 0.2) is 11.3 Å². The summed E-state index contributed by atoms with van der Waals surface area (Å²) in [5.74, 6) is -0.176. The molecule has 9 heteroatoms. The Morgan fingerprint density at radius 2 is 1.70 bits per heavy atom. The first-order valence-electron chi connectivity index (χ1n) is 8.87. The molecule has 3 aromatic carbocycles. The van der Waals surface area contributed by atoms with Gasteiger partial charge < -0.3 is 0 Å². The van der Waals surface area contributed by atoms with Crippen LogP contribution in [0.15, 0.2) is 66.7 Å². The molecule has 2 aromatic heterocycles. The van der Waals surface area contributed by atoms with Crippen molar-refractivity contribution in [3.8, 4) is 17.1 Å². The Balaban J connectivity index is 1.87. The van der Waals surface area contributed by atoms with E-state index in [2.05, 4.69) is 15.0 Å². The number of nitro benzene ring substituents is 1. The van der Waals surface area contributed by atoms with Crippen molar-refractivity contribution in [2.24, 2.45) is 0 Å². The van der Waals surface area contributed by atoms with E-state index in [4.69, 9.17) is 11.6 Å². The molecule has 0 saturated carbocycles. The van der Waals surface area contributed by atoms with Gasteiger partial charge in [-0.05, 0) is 30.3 Å². The Hall–Kier alpha value is -3.91. The maximum atomic E-state index is 13.8. The van der Waals surface area contributed by atoms with Crippen molar-refractivity contribution in [3.63, 3.8) is 0 Å². The number of halogens is 2. The van der Waals surface area contributed by atoms with Gasteiger partial charge in [-0.1, -0.05) is 35.9 Å². The van der Waals surface area contributed by atoms with Gasteiger partial charge in [0.25, 0.3) is 5.69 Å². The van der Waals surface area contributed by atoms with Gasteiger partial charge in [-0.15, -0.1) is 0 Å². The molecule has 146 valence electrons. The van der Waals surface area contributed by atoms with Gasteiger partial charge in [0, 0.05) is 17.7 Å². The molecule has 2 heterocycles. The van der Waals surface area contributed by atoms with E-state index in [0.29, 0.717) is 39.4 Å². The zero-order chi connectivity index (χ0) is 20.8. The first-order valence-corrected chi connectivity index (χ1v) is 9.24. The van der Waals surface area contributed by atoms with Crippen LogP contribution in [0.2, 0.25) is 5.02 Å². The zero-order valence-electron chi connectivity index (χ0n) is 15.2. The van der Waals surface area contributed by atoms with Crippen molar-refractivity contribution in [2.75, 3.05) is 0 Å². The van der Waals surface area contributed by atoms with Crippen molar-refractivity contribution in [3.05, 3.63) is 87.7 Å². The fraction of sp³-hybridized carbons (Fsp3) is 0. The lowest BCUT2D eigenvalue weighted by Crippen LogP contribution is -2.00.